The highest BCUT2D eigenvalue weighted by atomic mass is 32.2. The number of amides is 2. The van der Waals surface area contributed by atoms with Crippen molar-refractivity contribution < 1.29 is 14.7 Å². The molecule has 0 saturated carbocycles. The molecule has 0 aliphatic rings. The fourth-order valence-electron chi connectivity index (χ4n) is 3.14. The number of nitrogens with one attached hydrogen (secondary N) is 2. The van der Waals surface area contributed by atoms with E-state index < -0.39 is 5.97 Å². The number of benzene rings is 1. The lowest BCUT2D eigenvalue weighted by molar-refractivity contribution is -0.136. The number of carbonyl (C=O) groups is 2. The molecule has 0 aliphatic heterocycles. The Hall–Kier alpha value is -1.69. The number of aryl methyl sites for hydroxylation is 1. The zero-order valence-corrected chi connectivity index (χ0v) is 18.9. The summed E-state index contributed by atoms with van der Waals surface area (Å²) < 4.78 is 0. The van der Waals surface area contributed by atoms with Gasteiger partial charge in [-0.3, -0.25) is 4.79 Å². The number of carbonyl (C=O) groups excluding carboxylic acids is 1. The highest BCUT2D eigenvalue weighted by Gasteiger charge is 2.17. The van der Waals surface area contributed by atoms with Crippen LogP contribution in [0.15, 0.2) is 24.3 Å². The van der Waals surface area contributed by atoms with Gasteiger partial charge in [0.25, 0.3) is 0 Å². The van der Waals surface area contributed by atoms with Crippen molar-refractivity contribution in [1.82, 2.24) is 5.32 Å². The predicted molar refractivity (Wildman–Crippen MR) is 124 cm³/mol. The Balaban J connectivity index is 2.08. The average molecular weight is 423 g/mol. The maximum absolute atomic E-state index is 11.9. The lowest BCUT2D eigenvalue weighted by atomic mass is 10.1. The van der Waals surface area contributed by atoms with Crippen LogP contribution in [0.3, 0.4) is 0 Å². The molecule has 0 saturated heterocycles. The van der Waals surface area contributed by atoms with Gasteiger partial charge in [0.2, 0.25) is 0 Å². The zero-order valence-electron chi connectivity index (χ0n) is 18.0. The van der Waals surface area contributed by atoms with Gasteiger partial charge in [0.1, 0.15) is 5.25 Å². The van der Waals surface area contributed by atoms with Crippen molar-refractivity contribution >= 4 is 29.4 Å². The number of rotatable bonds is 16. The summed E-state index contributed by atoms with van der Waals surface area (Å²) >= 11 is 1.49. The minimum atomic E-state index is -0.719. The molecule has 2 amide bonds. The summed E-state index contributed by atoms with van der Waals surface area (Å²) in [7, 11) is 0. The molecule has 1 unspecified atom stereocenters. The maximum Gasteiger partial charge on any atom is 0.319 e. The summed E-state index contributed by atoms with van der Waals surface area (Å²) in [4.78, 5) is 23.3. The van der Waals surface area contributed by atoms with Crippen LogP contribution in [0, 0.1) is 6.92 Å². The molecule has 6 heteroatoms. The van der Waals surface area contributed by atoms with Crippen LogP contribution in [0.4, 0.5) is 10.5 Å². The van der Waals surface area contributed by atoms with E-state index in [1.807, 2.05) is 31.2 Å². The summed E-state index contributed by atoms with van der Waals surface area (Å²) in [5.74, 6) is 0.0155. The Bertz CT molecular complexity index is 595. The lowest BCUT2D eigenvalue weighted by Gasteiger charge is -2.12. The molecule has 164 valence electrons. The van der Waals surface area contributed by atoms with Crippen molar-refractivity contribution in [2.45, 2.75) is 83.3 Å². The van der Waals surface area contributed by atoms with Crippen LogP contribution < -0.4 is 10.6 Å². The van der Waals surface area contributed by atoms with Crippen molar-refractivity contribution in [1.29, 1.82) is 0 Å². The third-order valence-electron chi connectivity index (χ3n) is 4.80. The van der Waals surface area contributed by atoms with Gasteiger partial charge >= 0.3 is 12.0 Å². The number of carboxylic acids is 1. The van der Waals surface area contributed by atoms with Crippen LogP contribution in [0.1, 0.15) is 76.7 Å². The largest absolute Gasteiger partial charge is 0.480 e. The standard InChI is InChI=1S/C23H38N2O3S/c1-3-4-5-6-7-8-9-10-15-21(22(26)27)29-17-12-16-24-23(28)25-20-14-11-13-19(2)18-20/h11,13-14,18,21H,3-10,12,15-17H2,1-2H3,(H,26,27)(H2,24,25,28). The minimum absolute atomic E-state index is 0.227. The third-order valence-corrected chi connectivity index (χ3v) is 6.16. The number of carboxylic acid groups (broad SMARTS) is 1. The quantitative estimate of drug-likeness (QED) is 0.276. The van der Waals surface area contributed by atoms with E-state index in [9.17, 15) is 14.7 Å². The van der Waals surface area contributed by atoms with Crippen LogP contribution in [-0.4, -0.2) is 34.7 Å². The van der Waals surface area contributed by atoms with E-state index in [0.717, 1.165) is 42.7 Å². The highest BCUT2D eigenvalue weighted by Crippen LogP contribution is 2.20. The van der Waals surface area contributed by atoms with E-state index in [4.69, 9.17) is 0 Å². The number of hydrogen-bond acceptors (Lipinski definition) is 3. The van der Waals surface area contributed by atoms with E-state index in [1.54, 1.807) is 0 Å². The van der Waals surface area contributed by atoms with Gasteiger partial charge in [-0.15, -0.1) is 11.8 Å². The van der Waals surface area contributed by atoms with Crippen molar-refractivity contribution in [2.75, 3.05) is 17.6 Å². The number of aliphatic carboxylic acids is 1. The molecule has 0 radical (unpaired) electrons. The molecular weight excluding hydrogens is 384 g/mol. The number of hydrogen-bond donors (Lipinski definition) is 3. The van der Waals surface area contributed by atoms with Crippen molar-refractivity contribution in [3.63, 3.8) is 0 Å². The molecule has 1 rings (SSSR count). The number of unbranched alkanes of at least 4 members (excludes halogenated alkanes) is 7. The van der Waals surface area contributed by atoms with Gasteiger partial charge in [-0.05, 0) is 43.2 Å². The Morgan fingerprint density at radius 2 is 1.72 bits per heavy atom. The normalized spacial score (nSPS) is 11.8. The molecule has 29 heavy (non-hydrogen) atoms. The fourth-order valence-corrected chi connectivity index (χ4v) is 4.21. The van der Waals surface area contributed by atoms with E-state index >= 15 is 0 Å². The zero-order chi connectivity index (χ0) is 21.3. The van der Waals surface area contributed by atoms with Crippen LogP contribution in [0.5, 0.6) is 0 Å². The molecule has 1 aromatic carbocycles. The monoisotopic (exact) mass is 422 g/mol. The Morgan fingerprint density at radius 1 is 1.03 bits per heavy atom. The van der Waals surface area contributed by atoms with Gasteiger partial charge in [-0.2, -0.15) is 0 Å². The maximum atomic E-state index is 11.9. The molecule has 0 heterocycles. The molecule has 5 nitrogen and oxygen atoms in total. The van der Waals surface area contributed by atoms with Crippen LogP contribution >= 0.6 is 11.8 Å². The second-order valence-electron chi connectivity index (χ2n) is 7.57. The SMILES string of the molecule is CCCCCCCCCCC(SCCCNC(=O)Nc1cccc(C)c1)C(=O)O. The molecule has 0 fully saturated rings. The summed E-state index contributed by atoms with van der Waals surface area (Å²) in [5, 5.41) is 14.7. The van der Waals surface area contributed by atoms with Gasteiger partial charge in [-0.25, -0.2) is 4.79 Å². The Labute approximate surface area is 180 Å². The van der Waals surface area contributed by atoms with E-state index in [0.29, 0.717) is 6.54 Å². The van der Waals surface area contributed by atoms with Gasteiger partial charge in [0.05, 0.1) is 0 Å². The van der Waals surface area contributed by atoms with Crippen molar-refractivity contribution in [2.24, 2.45) is 0 Å². The number of thioether (sulfide) groups is 1. The first-order valence-corrected chi connectivity index (χ1v) is 12.0. The smallest absolute Gasteiger partial charge is 0.319 e. The molecule has 0 spiro atoms. The van der Waals surface area contributed by atoms with Crippen molar-refractivity contribution in [3.8, 4) is 0 Å². The summed E-state index contributed by atoms with van der Waals surface area (Å²) in [6.45, 7) is 4.74. The summed E-state index contributed by atoms with van der Waals surface area (Å²) in [6.07, 6.45) is 11.3. The Morgan fingerprint density at radius 3 is 2.38 bits per heavy atom. The van der Waals surface area contributed by atoms with E-state index in [1.165, 1.54) is 50.3 Å². The second-order valence-corrected chi connectivity index (χ2v) is 8.88. The Kier molecular flexibility index (Phi) is 14.1. The summed E-state index contributed by atoms with van der Waals surface area (Å²) in [6, 6.07) is 7.42. The van der Waals surface area contributed by atoms with Gasteiger partial charge < -0.3 is 15.7 Å². The number of anilines is 1. The van der Waals surface area contributed by atoms with Gasteiger partial charge in [-0.1, -0.05) is 70.4 Å². The van der Waals surface area contributed by atoms with E-state index in [2.05, 4.69) is 17.6 Å². The average Bonchev–Trinajstić information content (AvgIpc) is 2.67. The number of urea groups is 1. The van der Waals surface area contributed by atoms with E-state index in [-0.39, 0.29) is 11.3 Å². The molecule has 3 N–H and O–H groups in total. The van der Waals surface area contributed by atoms with Gasteiger partial charge in [0.15, 0.2) is 0 Å². The lowest BCUT2D eigenvalue weighted by Crippen LogP contribution is -2.30. The molecular formula is C23H38N2O3S. The second kappa shape index (κ2) is 16.1. The highest BCUT2D eigenvalue weighted by molar-refractivity contribution is 8.00. The molecule has 1 atom stereocenters. The first-order chi connectivity index (χ1) is 14.0. The van der Waals surface area contributed by atoms with Crippen LogP contribution in [-0.2, 0) is 4.79 Å². The molecule has 0 aromatic heterocycles. The fraction of sp³-hybridized carbons (Fsp3) is 0.652. The van der Waals surface area contributed by atoms with Crippen LogP contribution in [0.2, 0.25) is 0 Å². The first-order valence-electron chi connectivity index (χ1n) is 11.0. The van der Waals surface area contributed by atoms with Gasteiger partial charge in [0, 0.05) is 12.2 Å². The van der Waals surface area contributed by atoms with Crippen LogP contribution in [0.25, 0.3) is 0 Å². The van der Waals surface area contributed by atoms with Crippen molar-refractivity contribution in [3.05, 3.63) is 29.8 Å². The summed E-state index contributed by atoms with van der Waals surface area (Å²) in [5.41, 5.74) is 1.86. The third kappa shape index (κ3) is 13.2. The molecule has 0 aliphatic carbocycles. The topological polar surface area (TPSA) is 78.4 Å². The molecule has 0 bridgehead atoms. The first kappa shape index (κ1) is 25.3. The predicted octanol–water partition coefficient (Wildman–Crippen LogP) is 6.22. The molecule has 1 aromatic rings. The minimum Gasteiger partial charge on any atom is -0.480 e.